The van der Waals surface area contributed by atoms with Crippen LogP contribution in [0.3, 0.4) is 0 Å². The molecule has 1 fully saturated rings. The lowest BCUT2D eigenvalue weighted by Gasteiger charge is -2.36. The molecule has 1 N–H and O–H groups in total. The molecule has 0 saturated heterocycles. The van der Waals surface area contributed by atoms with E-state index in [0.717, 1.165) is 24.8 Å². The van der Waals surface area contributed by atoms with Gasteiger partial charge in [0.1, 0.15) is 6.61 Å². The molecule has 2 aromatic rings. The average Bonchev–Trinajstić information content (AvgIpc) is 2.81. The van der Waals surface area contributed by atoms with E-state index in [1.807, 2.05) is 18.2 Å². The summed E-state index contributed by atoms with van der Waals surface area (Å²) >= 11 is 0. The van der Waals surface area contributed by atoms with Crippen LogP contribution >= 0.6 is 0 Å². The van der Waals surface area contributed by atoms with Crippen molar-refractivity contribution in [1.29, 1.82) is 5.41 Å². The zero-order chi connectivity index (χ0) is 22.7. The first-order valence-electron chi connectivity index (χ1n) is 10.6. The van der Waals surface area contributed by atoms with Crippen molar-refractivity contribution in [3.63, 3.8) is 0 Å². The van der Waals surface area contributed by atoms with Gasteiger partial charge < -0.3 is 19.6 Å². The van der Waals surface area contributed by atoms with Crippen molar-refractivity contribution in [1.82, 2.24) is 0 Å². The Morgan fingerprint density at radius 3 is 2.59 bits per heavy atom. The number of hydrogen-bond donors (Lipinski definition) is 1. The van der Waals surface area contributed by atoms with Gasteiger partial charge in [-0.1, -0.05) is 30.3 Å². The van der Waals surface area contributed by atoms with E-state index in [0.29, 0.717) is 23.1 Å². The number of alkyl halides is 3. The van der Waals surface area contributed by atoms with Gasteiger partial charge in [-0.25, -0.2) is 0 Å². The summed E-state index contributed by atoms with van der Waals surface area (Å²) in [7, 11) is 1.72. The lowest BCUT2D eigenvalue weighted by atomic mass is 9.74. The molecule has 3 unspecified atom stereocenters. The van der Waals surface area contributed by atoms with Crippen LogP contribution in [-0.2, 0) is 9.47 Å². The Morgan fingerprint density at radius 1 is 1.09 bits per heavy atom. The maximum Gasteiger partial charge on any atom is 0.522 e. The number of nitrogens with one attached hydrogen (secondary N) is 1. The summed E-state index contributed by atoms with van der Waals surface area (Å²) in [6.45, 7) is -0.683. The molecule has 1 saturated carbocycles. The zero-order valence-corrected chi connectivity index (χ0v) is 17.7. The first kappa shape index (κ1) is 22.6. The van der Waals surface area contributed by atoms with Crippen molar-refractivity contribution in [2.75, 3.05) is 20.3 Å². The van der Waals surface area contributed by atoms with Crippen molar-refractivity contribution < 1.29 is 32.1 Å². The fourth-order valence-electron chi connectivity index (χ4n) is 4.52. The van der Waals surface area contributed by atoms with Gasteiger partial charge >= 0.3 is 6.36 Å². The summed E-state index contributed by atoms with van der Waals surface area (Å²) in [4.78, 5) is 0. The summed E-state index contributed by atoms with van der Waals surface area (Å²) in [5, 5.41) is 8.75. The largest absolute Gasteiger partial charge is 0.522 e. The fourth-order valence-corrected chi connectivity index (χ4v) is 4.52. The molecule has 0 spiro atoms. The Balaban J connectivity index is 1.40. The average molecular weight is 449 g/mol. The van der Waals surface area contributed by atoms with E-state index in [-0.39, 0.29) is 18.6 Å². The minimum absolute atomic E-state index is 0.0306. The van der Waals surface area contributed by atoms with Gasteiger partial charge in [0, 0.05) is 24.7 Å². The van der Waals surface area contributed by atoms with Crippen LogP contribution < -0.4 is 9.47 Å². The van der Waals surface area contributed by atoms with E-state index in [1.54, 1.807) is 25.3 Å². The van der Waals surface area contributed by atoms with Crippen molar-refractivity contribution in [3.8, 4) is 11.5 Å². The first-order chi connectivity index (χ1) is 15.3. The van der Waals surface area contributed by atoms with Crippen LogP contribution in [0.1, 0.15) is 36.3 Å². The molecular formula is C24H26F3NO4. The number of rotatable bonds is 6. The standard InChI is InChI=1S/C24H26F3NO4/c1-29-21-11-16(7-9-19(21)15-5-3-2-4-6-15)23(28)17-8-10-20-22(12-17)30-13-18(32-20)14-31-24(25,26)27/h2-6,8,10,12,16,18-19,21,28H,7,9,11,13-14H2,1H3/t16?,18?,19-,21?/m0/s1. The number of ether oxygens (including phenoxy) is 4. The van der Waals surface area contributed by atoms with Crippen LogP contribution in [0.5, 0.6) is 11.5 Å². The van der Waals surface area contributed by atoms with E-state index < -0.39 is 19.1 Å². The molecule has 4 rings (SSSR count). The molecule has 0 aromatic heterocycles. The predicted octanol–water partition coefficient (Wildman–Crippen LogP) is 5.33. The molecule has 32 heavy (non-hydrogen) atoms. The van der Waals surface area contributed by atoms with E-state index in [2.05, 4.69) is 16.9 Å². The molecule has 2 aromatic carbocycles. The molecule has 2 aliphatic rings. The fraction of sp³-hybridized carbons (Fsp3) is 0.458. The maximum atomic E-state index is 12.2. The Labute approximate surface area is 184 Å². The summed E-state index contributed by atoms with van der Waals surface area (Å²) in [6.07, 6.45) is -2.96. The number of hydrogen-bond acceptors (Lipinski definition) is 5. The summed E-state index contributed by atoms with van der Waals surface area (Å²) < 4.78 is 57.5. The third kappa shape index (κ3) is 5.24. The summed E-state index contributed by atoms with van der Waals surface area (Å²) in [5.41, 5.74) is 2.48. The number of methoxy groups -OCH3 is 1. The molecule has 1 aliphatic heterocycles. The predicted molar refractivity (Wildman–Crippen MR) is 113 cm³/mol. The SMILES string of the molecule is COC1CC(C(=N)c2ccc3c(c2)OCC(COC(F)(F)F)O3)CC[C@H]1c1ccccc1. The van der Waals surface area contributed by atoms with Gasteiger partial charge in [0.05, 0.1) is 12.7 Å². The molecule has 5 nitrogen and oxygen atoms in total. The highest BCUT2D eigenvalue weighted by Gasteiger charge is 2.35. The highest BCUT2D eigenvalue weighted by atomic mass is 19.4. The second-order valence-corrected chi connectivity index (χ2v) is 8.18. The summed E-state index contributed by atoms with van der Waals surface area (Å²) in [6, 6.07) is 15.4. The second-order valence-electron chi connectivity index (χ2n) is 8.18. The first-order valence-corrected chi connectivity index (χ1v) is 10.6. The molecule has 0 bridgehead atoms. The smallest absolute Gasteiger partial charge is 0.486 e. The van der Waals surface area contributed by atoms with E-state index in [4.69, 9.17) is 19.6 Å². The zero-order valence-electron chi connectivity index (χ0n) is 17.7. The van der Waals surface area contributed by atoms with Crippen molar-refractivity contribution >= 4 is 5.71 Å². The number of benzene rings is 2. The lowest BCUT2D eigenvalue weighted by Crippen LogP contribution is -2.35. The molecule has 8 heteroatoms. The minimum Gasteiger partial charge on any atom is -0.486 e. The molecule has 172 valence electrons. The third-order valence-corrected chi connectivity index (χ3v) is 6.14. The topological polar surface area (TPSA) is 60.8 Å². The van der Waals surface area contributed by atoms with E-state index in [1.165, 1.54) is 5.56 Å². The minimum atomic E-state index is -4.71. The summed E-state index contributed by atoms with van der Waals surface area (Å²) in [5.74, 6) is 1.14. The Hall–Kier alpha value is -2.58. The van der Waals surface area contributed by atoms with Gasteiger partial charge in [-0.3, -0.25) is 4.74 Å². The van der Waals surface area contributed by atoms with Crippen molar-refractivity contribution in [3.05, 3.63) is 59.7 Å². The highest BCUT2D eigenvalue weighted by Crippen LogP contribution is 2.40. The molecule has 0 amide bonds. The van der Waals surface area contributed by atoms with Crippen molar-refractivity contribution in [2.45, 2.75) is 43.8 Å². The Bertz CT molecular complexity index is 935. The van der Waals surface area contributed by atoms with Gasteiger partial charge in [0.25, 0.3) is 0 Å². The van der Waals surface area contributed by atoms with Crippen LogP contribution in [-0.4, -0.2) is 44.6 Å². The molecular weight excluding hydrogens is 423 g/mol. The maximum absolute atomic E-state index is 12.2. The van der Waals surface area contributed by atoms with Gasteiger partial charge in [0.2, 0.25) is 0 Å². The van der Waals surface area contributed by atoms with E-state index in [9.17, 15) is 13.2 Å². The van der Waals surface area contributed by atoms with E-state index >= 15 is 0 Å². The van der Waals surface area contributed by atoms with Gasteiger partial charge in [-0.05, 0) is 48.6 Å². The van der Waals surface area contributed by atoms with Gasteiger partial charge in [-0.15, -0.1) is 13.2 Å². The monoisotopic (exact) mass is 449 g/mol. The Morgan fingerprint density at radius 2 is 1.88 bits per heavy atom. The lowest BCUT2D eigenvalue weighted by molar-refractivity contribution is -0.330. The van der Waals surface area contributed by atoms with Gasteiger partial charge in [0.15, 0.2) is 17.6 Å². The normalized spacial score (nSPS) is 25.4. The second kappa shape index (κ2) is 9.50. The van der Waals surface area contributed by atoms with Crippen LogP contribution in [0.2, 0.25) is 0 Å². The third-order valence-electron chi connectivity index (χ3n) is 6.14. The molecule has 0 radical (unpaired) electrons. The number of halogens is 3. The molecule has 4 atom stereocenters. The van der Waals surface area contributed by atoms with Crippen LogP contribution in [0.25, 0.3) is 0 Å². The van der Waals surface area contributed by atoms with Crippen LogP contribution in [0.4, 0.5) is 13.2 Å². The highest BCUT2D eigenvalue weighted by molar-refractivity contribution is 6.00. The number of fused-ring (bicyclic) bond motifs is 1. The Kier molecular flexibility index (Phi) is 6.71. The van der Waals surface area contributed by atoms with Crippen LogP contribution in [0, 0.1) is 11.3 Å². The molecule has 1 aliphatic carbocycles. The molecule has 1 heterocycles. The quantitative estimate of drug-likeness (QED) is 0.606. The van der Waals surface area contributed by atoms with Crippen LogP contribution in [0.15, 0.2) is 48.5 Å². The van der Waals surface area contributed by atoms with Crippen molar-refractivity contribution in [2.24, 2.45) is 5.92 Å². The van der Waals surface area contributed by atoms with Gasteiger partial charge in [-0.2, -0.15) is 0 Å².